The maximum atomic E-state index is 4.04. The van der Waals surface area contributed by atoms with Gasteiger partial charge in [0.05, 0.1) is 19.1 Å². The molecule has 2 nitrogen and oxygen atoms in total. The lowest BCUT2D eigenvalue weighted by molar-refractivity contribution is -0.841. The Morgan fingerprint density at radius 3 is 3.10 bits per heavy atom. The Kier molecular flexibility index (Phi) is 1.66. The first kappa shape index (κ1) is 6.62. The molecule has 2 heteroatoms. The number of rotatable bonds is 0. The molecule has 0 bridgehead atoms. The molecular formula is C8H16N2. The van der Waals surface area contributed by atoms with Gasteiger partial charge in [-0.25, -0.2) is 0 Å². The smallest absolute Gasteiger partial charge is 0.0691 e. The zero-order valence-electron chi connectivity index (χ0n) is 6.40. The van der Waals surface area contributed by atoms with E-state index in [9.17, 15) is 0 Å². The molecule has 0 amide bonds. The molecule has 0 spiro atoms. The monoisotopic (exact) mass is 140 g/mol. The van der Waals surface area contributed by atoms with Crippen molar-refractivity contribution in [3.05, 3.63) is 7.05 Å². The third kappa shape index (κ3) is 1.06. The van der Waals surface area contributed by atoms with Crippen molar-refractivity contribution in [2.24, 2.45) is 5.92 Å². The highest BCUT2D eigenvalue weighted by atomic mass is 15.2. The molecule has 0 aliphatic carbocycles. The van der Waals surface area contributed by atoms with E-state index in [1.165, 1.54) is 37.4 Å². The maximum absolute atomic E-state index is 4.04. The fraction of sp³-hybridized carbons (Fsp3) is 0.875. The third-order valence-electron chi connectivity index (χ3n) is 2.79. The van der Waals surface area contributed by atoms with E-state index < -0.39 is 0 Å². The average Bonchev–Trinajstić information content (AvgIpc) is 2.27. The Bertz CT molecular complexity index is 110. The van der Waals surface area contributed by atoms with Crippen LogP contribution in [0.1, 0.15) is 12.8 Å². The highest BCUT2D eigenvalue weighted by Crippen LogP contribution is 2.16. The minimum atomic E-state index is 0.793. The fourth-order valence-electron chi connectivity index (χ4n) is 2.27. The highest BCUT2D eigenvalue weighted by Gasteiger charge is 2.33. The van der Waals surface area contributed by atoms with Crippen LogP contribution in [-0.2, 0) is 0 Å². The minimum Gasteiger partial charge on any atom is -0.466 e. The summed E-state index contributed by atoms with van der Waals surface area (Å²) in [6.07, 6.45) is 2.80. The molecule has 2 heterocycles. The van der Waals surface area contributed by atoms with Crippen LogP contribution >= 0.6 is 0 Å². The second-order valence-corrected chi connectivity index (χ2v) is 3.62. The molecular weight excluding hydrogens is 124 g/mol. The molecule has 0 aromatic carbocycles. The zero-order valence-corrected chi connectivity index (χ0v) is 6.40. The van der Waals surface area contributed by atoms with Gasteiger partial charge in [0, 0.05) is 5.92 Å². The van der Waals surface area contributed by atoms with Gasteiger partial charge < -0.3 is 10.2 Å². The Balaban J connectivity index is 1.97. The number of hydrogen-bond acceptors (Lipinski definition) is 1. The Hall–Kier alpha value is -0.0800. The van der Waals surface area contributed by atoms with Gasteiger partial charge in [0.15, 0.2) is 0 Å². The van der Waals surface area contributed by atoms with Crippen LogP contribution in [0, 0.1) is 13.0 Å². The van der Waals surface area contributed by atoms with Gasteiger partial charge in [-0.3, -0.25) is 0 Å². The average molecular weight is 140 g/mol. The van der Waals surface area contributed by atoms with Crippen LogP contribution in [0.2, 0.25) is 0 Å². The second kappa shape index (κ2) is 2.51. The van der Waals surface area contributed by atoms with Crippen LogP contribution in [0.25, 0.3) is 0 Å². The maximum Gasteiger partial charge on any atom is 0.0691 e. The van der Waals surface area contributed by atoms with Crippen LogP contribution in [0.4, 0.5) is 0 Å². The summed E-state index contributed by atoms with van der Waals surface area (Å²) in [5.41, 5.74) is 0. The fourth-order valence-corrected chi connectivity index (χ4v) is 2.27. The third-order valence-corrected chi connectivity index (χ3v) is 2.79. The summed E-state index contributed by atoms with van der Waals surface area (Å²) in [7, 11) is 4.04. The van der Waals surface area contributed by atoms with Gasteiger partial charge in [-0.05, 0) is 19.4 Å². The van der Waals surface area contributed by atoms with Gasteiger partial charge in [0.2, 0.25) is 0 Å². The van der Waals surface area contributed by atoms with E-state index in [1.807, 2.05) is 0 Å². The van der Waals surface area contributed by atoms with Crippen LogP contribution in [0.15, 0.2) is 0 Å². The molecule has 2 aliphatic heterocycles. The molecule has 10 heavy (non-hydrogen) atoms. The van der Waals surface area contributed by atoms with Crippen molar-refractivity contribution < 1.29 is 4.90 Å². The van der Waals surface area contributed by atoms with Gasteiger partial charge in [0.25, 0.3) is 0 Å². The van der Waals surface area contributed by atoms with Gasteiger partial charge in [-0.2, -0.15) is 7.05 Å². The van der Waals surface area contributed by atoms with E-state index in [0.717, 1.165) is 12.0 Å². The number of nitrogens with one attached hydrogen (secondary N) is 2. The van der Waals surface area contributed by atoms with Crippen molar-refractivity contribution in [2.45, 2.75) is 18.9 Å². The predicted molar refractivity (Wildman–Crippen MR) is 40.6 cm³/mol. The first-order valence-electron chi connectivity index (χ1n) is 4.26. The lowest BCUT2D eigenvalue weighted by atomic mass is 9.94. The van der Waals surface area contributed by atoms with Crippen molar-refractivity contribution in [3.8, 4) is 0 Å². The molecule has 2 fully saturated rings. The van der Waals surface area contributed by atoms with E-state index in [-0.39, 0.29) is 0 Å². The van der Waals surface area contributed by atoms with E-state index >= 15 is 0 Å². The van der Waals surface area contributed by atoms with Gasteiger partial charge in [0.1, 0.15) is 0 Å². The number of likely N-dealkylation sites (tertiary alicyclic amines) is 1. The Morgan fingerprint density at radius 1 is 1.40 bits per heavy atom. The van der Waals surface area contributed by atoms with Crippen LogP contribution in [0.3, 0.4) is 0 Å². The molecule has 3 atom stereocenters. The lowest BCUT2D eigenvalue weighted by Gasteiger charge is -2.22. The van der Waals surface area contributed by atoms with Crippen LogP contribution in [-0.4, -0.2) is 25.7 Å². The standard InChI is InChI=1S/C8H16N2/c1-10-5-7-3-2-4-9-8(7)6-10/h7-10H,1-6H2. The first-order chi connectivity index (χ1) is 4.86. The van der Waals surface area contributed by atoms with Crippen molar-refractivity contribution in [3.63, 3.8) is 0 Å². The summed E-state index contributed by atoms with van der Waals surface area (Å²) >= 11 is 0. The molecule has 0 saturated carbocycles. The summed E-state index contributed by atoms with van der Waals surface area (Å²) in [6, 6.07) is 0.793. The molecule has 2 rings (SSSR count). The van der Waals surface area contributed by atoms with Crippen molar-refractivity contribution >= 4 is 0 Å². The topological polar surface area (TPSA) is 16.5 Å². The summed E-state index contributed by atoms with van der Waals surface area (Å²) in [6.45, 7) is 3.76. The predicted octanol–water partition coefficient (Wildman–Crippen LogP) is -0.955. The van der Waals surface area contributed by atoms with Gasteiger partial charge in [-0.1, -0.05) is 0 Å². The SMILES string of the molecule is [CH2-][NH+]1CC2CCCNC2C1. The van der Waals surface area contributed by atoms with Gasteiger partial charge in [-0.15, -0.1) is 0 Å². The van der Waals surface area contributed by atoms with Crippen LogP contribution < -0.4 is 10.2 Å². The van der Waals surface area contributed by atoms with Crippen molar-refractivity contribution in [1.29, 1.82) is 0 Å². The number of quaternary nitrogens is 1. The normalized spacial score (nSPS) is 47.1. The van der Waals surface area contributed by atoms with Gasteiger partial charge >= 0.3 is 0 Å². The molecule has 2 aliphatic rings. The van der Waals surface area contributed by atoms with Crippen molar-refractivity contribution in [2.75, 3.05) is 19.6 Å². The Labute approximate surface area is 62.6 Å². The molecule has 58 valence electrons. The zero-order chi connectivity index (χ0) is 6.97. The molecule has 2 N–H and O–H groups in total. The summed E-state index contributed by atoms with van der Waals surface area (Å²) < 4.78 is 0. The number of hydrogen-bond donors (Lipinski definition) is 2. The Morgan fingerprint density at radius 2 is 2.30 bits per heavy atom. The molecule has 2 saturated heterocycles. The quantitative estimate of drug-likeness (QED) is 0.415. The lowest BCUT2D eigenvalue weighted by Crippen LogP contribution is -3.05. The first-order valence-corrected chi connectivity index (χ1v) is 4.26. The summed E-state index contributed by atoms with van der Waals surface area (Å²) in [5, 5.41) is 3.55. The molecule has 0 radical (unpaired) electrons. The molecule has 0 aromatic rings. The minimum absolute atomic E-state index is 0.793. The number of piperidine rings is 1. The van der Waals surface area contributed by atoms with E-state index in [4.69, 9.17) is 0 Å². The largest absolute Gasteiger partial charge is 0.466 e. The van der Waals surface area contributed by atoms with E-state index in [1.54, 1.807) is 0 Å². The number of fused-ring (bicyclic) bond motifs is 1. The van der Waals surface area contributed by atoms with Crippen LogP contribution in [0.5, 0.6) is 0 Å². The summed E-state index contributed by atoms with van der Waals surface area (Å²) in [4.78, 5) is 1.46. The van der Waals surface area contributed by atoms with E-state index in [0.29, 0.717) is 0 Å². The highest BCUT2D eigenvalue weighted by molar-refractivity contribution is 4.83. The second-order valence-electron chi connectivity index (χ2n) is 3.62. The summed E-state index contributed by atoms with van der Waals surface area (Å²) in [5.74, 6) is 0.932. The van der Waals surface area contributed by atoms with E-state index in [2.05, 4.69) is 12.4 Å². The molecule has 0 aromatic heterocycles. The van der Waals surface area contributed by atoms with Crippen molar-refractivity contribution in [1.82, 2.24) is 5.32 Å². The molecule has 3 unspecified atom stereocenters.